The zero-order valence-electron chi connectivity index (χ0n) is 27.4. The molecule has 3 atom stereocenters. The number of fused-ring (bicyclic) bond motifs is 1. The number of hydrogen-bond acceptors (Lipinski definition) is 6. The van der Waals surface area contributed by atoms with E-state index in [0.717, 1.165) is 63.1 Å². The van der Waals surface area contributed by atoms with Crippen molar-refractivity contribution in [2.24, 2.45) is 11.7 Å². The average Bonchev–Trinajstić information content (AvgIpc) is 3.83. The SMILES string of the molecule is COc1cc(-n2cc3cc(-c4cc(CCC[C@@H](N)C5CC5)cc(C(F)(F)F)c4)[nH]c3nc2=O)ccc1[C@@H]1CCC[C@@H](CCNC(C)=N)N1. The Morgan fingerprint density at radius 3 is 2.71 bits per heavy atom. The van der Waals surface area contributed by atoms with Crippen LogP contribution in [0.25, 0.3) is 28.0 Å². The molecule has 1 aliphatic heterocycles. The molecule has 2 aromatic carbocycles. The fraction of sp³-hybridized carbons (Fsp3) is 0.472. The fourth-order valence-corrected chi connectivity index (χ4v) is 6.86. The first kappa shape index (κ1) is 33.7. The second-order valence-electron chi connectivity index (χ2n) is 13.3. The van der Waals surface area contributed by atoms with Gasteiger partial charge in [-0.25, -0.2) is 4.79 Å². The number of piperidine rings is 1. The van der Waals surface area contributed by atoms with Crippen molar-refractivity contribution in [2.45, 2.75) is 89.0 Å². The number of H-pyrrole nitrogens is 1. The minimum atomic E-state index is -4.50. The molecule has 9 nitrogen and oxygen atoms in total. The van der Waals surface area contributed by atoms with E-state index in [1.165, 1.54) is 10.6 Å². The number of rotatable bonds is 12. The van der Waals surface area contributed by atoms with Gasteiger partial charge >= 0.3 is 11.9 Å². The van der Waals surface area contributed by atoms with Crippen molar-refractivity contribution in [1.82, 2.24) is 25.2 Å². The molecule has 256 valence electrons. The average molecular weight is 664 g/mol. The highest BCUT2D eigenvalue weighted by molar-refractivity contribution is 5.83. The molecule has 6 rings (SSSR count). The minimum absolute atomic E-state index is 0.0886. The molecule has 2 fully saturated rings. The Labute approximate surface area is 278 Å². The molecule has 6 N–H and O–H groups in total. The van der Waals surface area contributed by atoms with Gasteiger partial charge in [-0.15, -0.1) is 0 Å². The summed E-state index contributed by atoms with van der Waals surface area (Å²) in [5.41, 5.74) is 8.30. The van der Waals surface area contributed by atoms with Gasteiger partial charge in [-0.05, 0) is 106 Å². The van der Waals surface area contributed by atoms with E-state index >= 15 is 0 Å². The summed E-state index contributed by atoms with van der Waals surface area (Å²) in [6.07, 6.45) is 5.41. The van der Waals surface area contributed by atoms with Crippen molar-refractivity contribution >= 4 is 16.9 Å². The first-order valence-electron chi connectivity index (χ1n) is 16.8. The van der Waals surface area contributed by atoms with E-state index in [0.29, 0.717) is 69.9 Å². The van der Waals surface area contributed by atoms with Crippen LogP contribution in [-0.2, 0) is 12.6 Å². The summed E-state index contributed by atoms with van der Waals surface area (Å²) in [7, 11) is 1.60. The van der Waals surface area contributed by atoms with Gasteiger partial charge in [0.15, 0.2) is 0 Å². The number of methoxy groups -OCH3 is 1. The number of hydrogen-bond donors (Lipinski definition) is 5. The number of aromatic nitrogens is 3. The second kappa shape index (κ2) is 14.1. The Hall–Kier alpha value is -4.16. The van der Waals surface area contributed by atoms with E-state index < -0.39 is 17.4 Å². The van der Waals surface area contributed by atoms with Gasteiger partial charge in [-0.1, -0.05) is 12.5 Å². The number of aryl methyl sites for hydroxylation is 1. The lowest BCUT2D eigenvalue weighted by Gasteiger charge is -2.32. The van der Waals surface area contributed by atoms with Crippen molar-refractivity contribution in [3.8, 4) is 22.7 Å². The van der Waals surface area contributed by atoms with Crippen molar-refractivity contribution < 1.29 is 17.9 Å². The van der Waals surface area contributed by atoms with E-state index in [-0.39, 0.29) is 12.1 Å². The monoisotopic (exact) mass is 663 g/mol. The van der Waals surface area contributed by atoms with Crippen LogP contribution in [0.3, 0.4) is 0 Å². The lowest BCUT2D eigenvalue weighted by Crippen LogP contribution is -2.39. The van der Waals surface area contributed by atoms with Crippen LogP contribution in [-0.4, -0.2) is 46.1 Å². The van der Waals surface area contributed by atoms with Crippen LogP contribution >= 0.6 is 0 Å². The van der Waals surface area contributed by atoms with Gasteiger partial charge in [0.1, 0.15) is 11.4 Å². The number of nitrogens with one attached hydrogen (secondary N) is 4. The molecular weight excluding hydrogens is 619 g/mol. The first-order valence-corrected chi connectivity index (χ1v) is 16.8. The van der Waals surface area contributed by atoms with Crippen LogP contribution < -0.4 is 26.8 Å². The van der Waals surface area contributed by atoms with E-state index in [1.54, 1.807) is 32.4 Å². The van der Waals surface area contributed by atoms with E-state index in [2.05, 4.69) is 20.6 Å². The third kappa shape index (κ3) is 7.92. The van der Waals surface area contributed by atoms with Crippen LogP contribution in [0, 0.1) is 11.3 Å². The number of benzene rings is 2. The van der Waals surface area contributed by atoms with Gasteiger partial charge in [0, 0.05) is 53.6 Å². The van der Waals surface area contributed by atoms with Gasteiger partial charge in [-0.2, -0.15) is 18.2 Å². The third-order valence-electron chi connectivity index (χ3n) is 9.61. The molecule has 0 amide bonds. The Bertz CT molecular complexity index is 1830. The summed E-state index contributed by atoms with van der Waals surface area (Å²) in [5, 5.41) is 15.0. The molecule has 0 unspecified atom stereocenters. The van der Waals surface area contributed by atoms with Crippen molar-refractivity contribution in [3.05, 3.63) is 75.8 Å². The summed E-state index contributed by atoms with van der Waals surface area (Å²) in [6.45, 7) is 2.47. The van der Waals surface area contributed by atoms with Crippen LogP contribution in [0.4, 0.5) is 13.2 Å². The van der Waals surface area contributed by atoms with Gasteiger partial charge in [0.2, 0.25) is 0 Å². The molecular formula is C36H44F3N7O2. The topological polar surface area (TPSA) is 134 Å². The molecule has 2 aromatic heterocycles. The molecule has 1 aliphatic carbocycles. The molecule has 4 aromatic rings. The standard InChI is InChI=1S/C36H44F3N7O2/c1-21(40)42-14-13-27-6-4-8-31(43-27)29-12-11-28(19-33(29)48-2)46-20-25-18-32(44-34(25)45-35(46)47)24-15-22(16-26(17-24)36(37,38)39)5-3-7-30(41)23-9-10-23/h11-12,15-20,23,27,30-31,43H,3-10,13-14,41H2,1-2H3,(H2,40,42)(H,44,45,47)/t27-,30+,31-/m0/s1. The number of amidine groups is 1. The normalized spacial score (nSPS) is 19.0. The minimum Gasteiger partial charge on any atom is -0.496 e. The van der Waals surface area contributed by atoms with Crippen LogP contribution in [0.15, 0.2) is 53.5 Å². The predicted molar refractivity (Wildman–Crippen MR) is 182 cm³/mol. The second-order valence-corrected chi connectivity index (χ2v) is 13.3. The van der Waals surface area contributed by atoms with E-state index in [9.17, 15) is 18.0 Å². The van der Waals surface area contributed by atoms with Crippen LogP contribution in [0.5, 0.6) is 5.75 Å². The molecule has 48 heavy (non-hydrogen) atoms. The zero-order valence-corrected chi connectivity index (χ0v) is 27.4. The number of alkyl halides is 3. The largest absolute Gasteiger partial charge is 0.496 e. The lowest BCUT2D eigenvalue weighted by molar-refractivity contribution is -0.137. The summed E-state index contributed by atoms with van der Waals surface area (Å²) in [4.78, 5) is 20.5. The highest BCUT2D eigenvalue weighted by atomic mass is 19.4. The van der Waals surface area contributed by atoms with Crippen LogP contribution in [0.2, 0.25) is 0 Å². The number of aromatic amines is 1. The molecule has 1 saturated carbocycles. The first-order chi connectivity index (χ1) is 23.0. The molecule has 0 bridgehead atoms. The lowest BCUT2D eigenvalue weighted by atomic mass is 9.91. The number of halogens is 3. The molecule has 12 heteroatoms. The number of nitrogens with two attached hydrogens (primary N) is 1. The van der Waals surface area contributed by atoms with Crippen LogP contribution in [0.1, 0.15) is 81.0 Å². The Balaban J connectivity index is 1.24. The Morgan fingerprint density at radius 2 is 1.98 bits per heavy atom. The smallest absolute Gasteiger partial charge is 0.416 e. The van der Waals surface area contributed by atoms with E-state index in [1.807, 2.05) is 18.2 Å². The third-order valence-corrected chi connectivity index (χ3v) is 9.61. The predicted octanol–water partition coefficient (Wildman–Crippen LogP) is 6.63. The number of ether oxygens (including phenoxy) is 1. The highest BCUT2D eigenvalue weighted by Crippen LogP contribution is 2.37. The Kier molecular flexibility index (Phi) is 9.93. The van der Waals surface area contributed by atoms with Gasteiger partial charge in [0.05, 0.1) is 24.2 Å². The molecule has 1 saturated heterocycles. The summed E-state index contributed by atoms with van der Waals surface area (Å²) < 4.78 is 49.0. The fourth-order valence-electron chi connectivity index (χ4n) is 6.86. The van der Waals surface area contributed by atoms with Crippen molar-refractivity contribution in [2.75, 3.05) is 13.7 Å². The van der Waals surface area contributed by atoms with Gasteiger partial charge < -0.3 is 26.1 Å². The highest BCUT2D eigenvalue weighted by Gasteiger charge is 2.32. The Morgan fingerprint density at radius 1 is 1.17 bits per heavy atom. The molecule has 2 aliphatic rings. The maximum absolute atomic E-state index is 13.9. The number of nitrogens with zero attached hydrogens (tertiary/aromatic N) is 2. The summed E-state index contributed by atoms with van der Waals surface area (Å²) >= 11 is 0. The zero-order chi connectivity index (χ0) is 34.0. The maximum atomic E-state index is 13.9. The van der Waals surface area contributed by atoms with E-state index in [4.69, 9.17) is 15.9 Å². The van der Waals surface area contributed by atoms with Crippen molar-refractivity contribution in [1.29, 1.82) is 5.41 Å². The van der Waals surface area contributed by atoms with Gasteiger partial charge in [0.25, 0.3) is 0 Å². The maximum Gasteiger partial charge on any atom is 0.416 e. The molecule has 3 heterocycles. The van der Waals surface area contributed by atoms with Crippen molar-refractivity contribution in [3.63, 3.8) is 0 Å². The quantitative estimate of drug-likeness (QED) is 0.0854. The molecule has 0 spiro atoms. The molecule has 0 radical (unpaired) electrons. The summed E-state index contributed by atoms with van der Waals surface area (Å²) in [6, 6.07) is 12.0. The summed E-state index contributed by atoms with van der Waals surface area (Å²) in [5.74, 6) is 1.65. The van der Waals surface area contributed by atoms with Gasteiger partial charge in [-0.3, -0.25) is 9.98 Å².